The Kier molecular flexibility index (Phi) is 5.23. The molecule has 0 fully saturated rings. The number of phenols is 1. The normalized spacial score (nSPS) is 12.5. The molecule has 0 aliphatic heterocycles. The van der Waals surface area contributed by atoms with E-state index >= 15 is 0 Å². The Morgan fingerprint density at radius 1 is 1.08 bits per heavy atom. The van der Waals surface area contributed by atoms with Crippen LogP contribution in [0.2, 0.25) is 0 Å². The van der Waals surface area contributed by atoms with Gasteiger partial charge in [-0.15, -0.1) is 0 Å². The first kappa shape index (κ1) is 18.7. The molecular weight excluding hydrogens is 318 g/mol. The molecule has 1 heterocycles. The van der Waals surface area contributed by atoms with Crippen molar-refractivity contribution in [2.75, 3.05) is 11.7 Å². The molecule has 5 heteroatoms. The van der Waals surface area contributed by atoms with Crippen molar-refractivity contribution in [3.63, 3.8) is 0 Å². The van der Waals surface area contributed by atoms with Gasteiger partial charge in [0.15, 0.2) is 5.16 Å². The predicted molar refractivity (Wildman–Crippen MR) is 103 cm³/mol. The average Bonchev–Trinajstić information content (AvgIpc) is 2.91. The smallest absolute Gasteiger partial charge is 0.186 e. The van der Waals surface area contributed by atoms with Gasteiger partial charge in [-0.1, -0.05) is 53.3 Å². The van der Waals surface area contributed by atoms with Gasteiger partial charge in [0.05, 0.1) is 6.54 Å². The highest BCUT2D eigenvalue weighted by atomic mass is 32.2. The summed E-state index contributed by atoms with van der Waals surface area (Å²) in [5, 5.41) is 11.7. The third kappa shape index (κ3) is 4.07. The van der Waals surface area contributed by atoms with E-state index in [-0.39, 0.29) is 10.8 Å². The Hall–Kier alpha value is -1.62. The van der Waals surface area contributed by atoms with Gasteiger partial charge in [0.25, 0.3) is 0 Å². The van der Waals surface area contributed by atoms with Gasteiger partial charge in [-0.25, -0.2) is 9.66 Å². The fourth-order valence-corrected chi connectivity index (χ4v) is 3.17. The molecule has 0 aliphatic rings. The number of imidazole rings is 1. The monoisotopic (exact) mass is 347 g/mol. The molecule has 2 aromatic rings. The SMILES string of the molecule is CSc1nccn1NCc1cc(C(C)(C)C)c(O)c(C(C)(C)C)c1. The zero-order valence-corrected chi connectivity index (χ0v) is 16.6. The van der Waals surface area contributed by atoms with Crippen molar-refractivity contribution in [2.24, 2.45) is 0 Å². The van der Waals surface area contributed by atoms with Gasteiger partial charge in [-0.3, -0.25) is 0 Å². The number of aromatic nitrogens is 2. The first-order chi connectivity index (χ1) is 11.0. The lowest BCUT2D eigenvalue weighted by Crippen LogP contribution is -2.20. The van der Waals surface area contributed by atoms with Crippen LogP contribution < -0.4 is 5.43 Å². The van der Waals surface area contributed by atoms with Crippen molar-refractivity contribution in [3.05, 3.63) is 41.2 Å². The molecule has 0 amide bonds. The molecule has 24 heavy (non-hydrogen) atoms. The van der Waals surface area contributed by atoms with E-state index in [0.717, 1.165) is 21.8 Å². The topological polar surface area (TPSA) is 50.1 Å². The minimum atomic E-state index is -0.112. The highest BCUT2D eigenvalue weighted by Crippen LogP contribution is 2.39. The van der Waals surface area contributed by atoms with Crippen LogP contribution in [0.25, 0.3) is 0 Å². The number of thioether (sulfide) groups is 1. The summed E-state index contributed by atoms with van der Waals surface area (Å²) in [4.78, 5) is 4.30. The van der Waals surface area contributed by atoms with Crippen molar-refractivity contribution >= 4 is 11.8 Å². The van der Waals surface area contributed by atoms with Crippen LogP contribution in [0, 0.1) is 0 Å². The summed E-state index contributed by atoms with van der Waals surface area (Å²) in [7, 11) is 0. The van der Waals surface area contributed by atoms with Crippen molar-refractivity contribution in [1.82, 2.24) is 9.66 Å². The third-order valence-corrected chi connectivity index (χ3v) is 4.70. The van der Waals surface area contributed by atoms with Crippen LogP contribution in [0.3, 0.4) is 0 Å². The van der Waals surface area contributed by atoms with E-state index < -0.39 is 0 Å². The predicted octanol–water partition coefficient (Wildman–Crippen LogP) is 4.65. The zero-order chi connectivity index (χ0) is 18.1. The number of phenolic OH excluding ortho intramolecular Hbond substituents is 1. The number of rotatable bonds is 4. The fraction of sp³-hybridized carbons (Fsp3) is 0.526. The van der Waals surface area contributed by atoms with Gasteiger partial charge < -0.3 is 10.5 Å². The second kappa shape index (κ2) is 6.71. The molecular formula is C19H29N3OS. The second-order valence-corrected chi connectivity index (χ2v) is 8.93. The van der Waals surface area contributed by atoms with Crippen LogP contribution in [0.1, 0.15) is 58.2 Å². The second-order valence-electron chi connectivity index (χ2n) is 8.16. The Morgan fingerprint density at radius 3 is 2.08 bits per heavy atom. The lowest BCUT2D eigenvalue weighted by Gasteiger charge is -2.28. The Morgan fingerprint density at radius 2 is 1.62 bits per heavy atom. The van der Waals surface area contributed by atoms with E-state index in [9.17, 15) is 5.11 Å². The van der Waals surface area contributed by atoms with Gasteiger partial charge in [-0.2, -0.15) is 0 Å². The van der Waals surface area contributed by atoms with Gasteiger partial charge in [0.2, 0.25) is 0 Å². The van der Waals surface area contributed by atoms with Crippen LogP contribution in [0.5, 0.6) is 5.75 Å². The van der Waals surface area contributed by atoms with Crippen molar-refractivity contribution in [2.45, 2.75) is 64.1 Å². The minimum Gasteiger partial charge on any atom is -0.507 e. The maximum atomic E-state index is 10.8. The third-order valence-electron chi connectivity index (χ3n) is 4.03. The number of nitrogens with zero attached hydrogens (tertiary/aromatic N) is 2. The van der Waals surface area contributed by atoms with Gasteiger partial charge in [0, 0.05) is 12.4 Å². The molecule has 0 unspecified atom stereocenters. The summed E-state index contributed by atoms with van der Waals surface area (Å²) in [5.74, 6) is 0.422. The molecule has 0 aliphatic carbocycles. The van der Waals surface area contributed by atoms with Crippen LogP contribution >= 0.6 is 11.8 Å². The van der Waals surface area contributed by atoms with Crippen molar-refractivity contribution in [3.8, 4) is 5.75 Å². The van der Waals surface area contributed by atoms with Crippen LogP contribution in [-0.2, 0) is 17.4 Å². The molecule has 0 bridgehead atoms. The van der Waals surface area contributed by atoms with Gasteiger partial charge >= 0.3 is 0 Å². The lowest BCUT2D eigenvalue weighted by atomic mass is 9.78. The molecule has 132 valence electrons. The molecule has 0 atom stereocenters. The lowest BCUT2D eigenvalue weighted by molar-refractivity contribution is 0.422. The van der Waals surface area contributed by atoms with Crippen LogP contribution in [0.15, 0.2) is 29.7 Å². The number of hydrogen-bond acceptors (Lipinski definition) is 4. The summed E-state index contributed by atoms with van der Waals surface area (Å²) in [6, 6.07) is 4.21. The Bertz CT molecular complexity index is 673. The molecule has 4 nitrogen and oxygen atoms in total. The maximum absolute atomic E-state index is 10.8. The molecule has 1 aromatic carbocycles. The Labute approximate surface area is 149 Å². The summed E-state index contributed by atoms with van der Waals surface area (Å²) in [6.45, 7) is 13.5. The quantitative estimate of drug-likeness (QED) is 0.791. The van der Waals surface area contributed by atoms with Crippen molar-refractivity contribution < 1.29 is 5.11 Å². The number of hydrogen-bond donors (Lipinski definition) is 2. The molecule has 0 saturated heterocycles. The zero-order valence-electron chi connectivity index (χ0n) is 15.8. The minimum absolute atomic E-state index is 0.112. The molecule has 0 radical (unpaired) electrons. The van der Waals surface area contributed by atoms with Crippen LogP contribution in [0.4, 0.5) is 0 Å². The first-order valence-corrected chi connectivity index (χ1v) is 9.44. The highest BCUT2D eigenvalue weighted by molar-refractivity contribution is 7.98. The number of benzene rings is 1. The number of nitrogens with one attached hydrogen (secondary N) is 1. The largest absolute Gasteiger partial charge is 0.507 e. The summed E-state index contributed by atoms with van der Waals surface area (Å²) in [6.07, 6.45) is 5.72. The first-order valence-electron chi connectivity index (χ1n) is 8.22. The van der Waals surface area contributed by atoms with E-state index in [0.29, 0.717) is 12.3 Å². The van der Waals surface area contributed by atoms with E-state index in [1.807, 2.05) is 17.1 Å². The summed E-state index contributed by atoms with van der Waals surface area (Å²) in [5.41, 5.74) is 6.30. The average molecular weight is 348 g/mol. The molecule has 0 spiro atoms. The molecule has 2 N–H and O–H groups in total. The summed E-state index contributed by atoms with van der Waals surface area (Å²) < 4.78 is 1.94. The maximum Gasteiger partial charge on any atom is 0.186 e. The fourth-order valence-electron chi connectivity index (χ4n) is 2.68. The van der Waals surface area contributed by atoms with E-state index in [2.05, 4.69) is 64.1 Å². The number of aromatic hydroxyl groups is 1. The standard InChI is InChI=1S/C19H29N3OS/c1-18(2,3)14-10-13(11-15(16(14)23)19(4,5)6)12-21-22-9-8-20-17(22)24-7/h8-11,21,23H,12H2,1-7H3. The van der Waals surface area contributed by atoms with Gasteiger partial charge in [0.1, 0.15) is 5.75 Å². The van der Waals surface area contributed by atoms with Gasteiger partial charge in [-0.05, 0) is 45.9 Å². The van der Waals surface area contributed by atoms with Crippen LogP contribution in [-0.4, -0.2) is 21.0 Å². The van der Waals surface area contributed by atoms with E-state index in [4.69, 9.17) is 0 Å². The van der Waals surface area contributed by atoms with E-state index in [1.165, 1.54) is 0 Å². The molecule has 1 aromatic heterocycles. The molecule has 2 rings (SSSR count). The summed E-state index contributed by atoms with van der Waals surface area (Å²) >= 11 is 1.60. The highest BCUT2D eigenvalue weighted by Gasteiger charge is 2.26. The Balaban J connectivity index is 2.39. The molecule has 0 saturated carbocycles. The van der Waals surface area contributed by atoms with Crippen molar-refractivity contribution in [1.29, 1.82) is 0 Å². The van der Waals surface area contributed by atoms with E-state index in [1.54, 1.807) is 18.0 Å².